The zero-order valence-electron chi connectivity index (χ0n) is 15.4. The van der Waals surface area contributed by atoms with Gasteiger partial charge in [0.2, 0.25) is 0 Å². The maximum Gasteiger partial charge on any atom is 0.335 e. The molecule has 6 nitrogen and oxygen atoms in total. The number of carboxylic acid groups (broad SMARTS) is 1. The van der Waals surface area contributed by atoms with E-state index in [1.54, 1.807) is 22.8 Å². The van der Waals surface area contributed by atoms with Crippen LogP contribution in [0.4, 0.5) is 0 Å². The van der Waals surface area contributed by atoms with Gasteiger partial charge in [-0.05, 0) is 73.9 Å². The predicted molar refractivity (Wildman–Crippen MR) is 105 cm³/mol. The van der Waals surface area contributed by atoms with Gasteiger partial charge in [0.25, 0.3) is 5.56 Å². The highest BCUT2D eigenvalue weighted by atomic mass is 16.4. The van der Waals surface area contributed by atoms with E-state index in [4.69, 9.17) is 0 Å². The lowest BCUT2D eigenvalue weighted by atomic mass is 10.1. The molecule has 1 aromatic heterocycles. The van der Waals surface area contributed by atoms with Crippen molar-refractivity contribution in [1.82, 2.24) is 9.55 Å². The third-order valence-corrected chi connectivity index (χ3v) is 4.48. The third kappa shape index (κ3) is 3.46. The number of benzene rings is 2. The predicted octanol–water partition coefficient (Wildman–Crippen LogP) is 3.61. The van der Waals surface area contributed by atoms with Crippen molar-refractivity contribution in [2.45, 2.75) is 27.3 Å². The minimum absolute atomic E-state index is 0.121. The van der Waals surface area contributed by atoms with Gasteiger partial charge in [0.05, 0.1) is 16.6 Å². The smallest absolute Gasteiger partial charge is 0.335 e. The molecule has 0 fully saturated rings. The van der Waals surface area contributed by atoms with Crippen molar-refractivity contribution in [2.75, 3.05) is 0 Å². The molecule has 0 saturated carbocycles. The van der Waals surface area contributed by atoms with Crippen molar-refractivity contribution in [3.8, 4) is 5.75 Å². The molecule has 2 N–H and O–H groups in total. The van der Waals surface area contributed by atoms with Crippen molar-refractivity contribution >= 4 is 29.2 Å². The molecule has 0 aliphatic heterocycles. The van der Waals surface area contributed by atoms with Crippen molar-refractivity contribution in [3.63, 3.8) is 0 Å². The van der Waals surface area contributed by atoms with Gasteiger partial charge in [-0.25, -0.2) is 9.78 Å². The lowest BCUT2D eigenvalue weighted by Crippen LogP contribution is -2.23. The zero-order valence-corrected chi connectivity index (χ0v) is 15.4. The average Bonchev–Trinajstić information content (AvgIpc) is 2.63. The van der Waals surface area contributed by atoms with Crippen LogP contribution in [-0.2, 0) is 6.54 Å². The molecule has 3 rings (SSSR count). The number of carbonyl (C=O) groups is 1. The molecule has 0 unspecified atom stereocenters. The number of aromatic carboxylic acids is 1. The number of aryl methyl sites for hydroxylation is 3. The quantitative estimate of drug-likeness (QED) is 0.738. The van der Waals surface area contributed by atoms with E-state index in [0.29, 0.717) is 17.6 Å². The Balaban J connectivity index is 2.14. The summed E-state index contributed by atoms with van der Waals surface area (Å²) >= 11 is 0. The summed E-state index contributed by atoms with van der Waals surface area (Å²) in [5.74, 6) is -0.786. The fourth-order valence-electron chi connectivity index (χ4n) is 3.08. The van der Waals surface area contributed by atoms with Gasteiger partial charge in [-0.1, -0.05) is 6.08 Å². The van der Waals surface area contributed by atoms with E-state index in [1.165, 1.54) is 12.1 Å². The molecule has 6 heteroatoms. The molecule has 0 bridgehead atoms. The third-order valence-electron chi connectivity index (χ3n) is 4.48. The monoisotopic (exact) mass is 364 g/mol. The average molecular weight is 364 g/mol. The first-order chi connectivity index (χ1) is 12.8. The molecule has 0 atom stereocenters. The van der Waals surface area contributed by atoms with Gasteiger partial charge in [0, 0.05) is 6.54 Å². The fraction of sp³-hybridized carbons (Fsp3) is 0.190. The molecule has 0 aliphatic rings. The van der Waals surface area contributed by atoms with Gasteiger partial charge >= 0.3 is 5.97 Å². The number of phenols is 1. The van der Waals surface area contributed by atoms with E-state index in [1.807, 2.05) is 32.9 Å². The Hall–Kier alpha value is -3.41. The van der Waals surface area contributed by atoms with Crippen molar-refractivity contribution in [3.05, 3.63) is 68.6 Å². The first-order valence-corrected chi connectivity index (χ1v) is 8.58. The summed E-state index contributed by atoms with van der Waals surface area (Å²) in [5, 5.41) is 19.1. The number of phenolic OH excluding ortho intramolecular Hbond substituents is 1. The van der Waals surface area contributed by atoms with Crippen LogP contribution in [0.15, 0.2) is 35.1 Å². The first kappa shape index (κ1) is 18.4. The first-order valence-electron chi connectivity index (χ1n) is 8.58. The van der Waals surface area contributed by atoms with Crippen LogP contribution in [0.5, 0.6) is 5.75 Å². The summed E-state index contributed by atoms with van der Waals surface area (Å²) in [4.78, 5) is 28.3. The second-order valence-corrected chi connectivity index (χ2v) is 6.39. The Kier molecular flexibility index (Phi) is 4.81. The molecule has 0 amide bonds. The highest BCUT2D eigenvalue weighted by Gasteiger charge is 2.11. The number of carboxylic acids is 1. The summed E-state index contributed by atoms with van der Waals surface area (Å²) in [6.07, 6.45) is 3.38. The Morgan fingerprint density at radius 2 is 1.81 bits per heavy atom. The van der Waals surface area contributed by atoms with Crippen LogP contribution in [0.1, 0.15) is 39.7 Å². The lowest BCUT2D eigenvalue weighted by molar-refractivity contribution is 0.0697. The second kappa shape index (κ2) is 7.07. The molecule has 3 aromatic rings. The van der Waals surface area contributed by atoms with E-state index in [9.17, 15) is 19.8 Å². The number of rotatable bonds is 4. The maximum absolute atomic E-state index is 12.7. The molecular weight excluding hydrogens is 344 g/mol. The summed E-state index contributed by atoms with van der Waals surface area (Å²) in [7, 11) is 0. The van der Waals surface area contributed by atoms with Crippen LogP contribution in [0.3, 0.4) is 0 Å². The van der Waals surface area contributed by atoms with E-state index in [0.717, 1.165) is 16.7 Å². The highest BCUT2D eigenvalue weighted by molar-refractivity contribution is 5.92. The normalized spacial score (nSPS) is 11.4. The molecule has 0 aliphatic carbocycles. The molecule has 138 valence electrons. The number of nitrogens with zero attached hydrogens (tertiary/aromatic N) is 2. The van der Waals surface area contributed by atoms with E-state index >= 15 is 0 Å². The summed E-state index contributed by atoms with van der Waals surface area (Å²) in [5.41, 5.74) is 3.50. The van der Waals surface area contributed by atoms with Crippen LogP contribution in [0.25, 0.3) is 23.2 Å². The summed E-state index contributed by atoms with van der Waals surface area (Å²) in [6, 6.07) is 8.18. The van der Waals surface area contributed by atoms with Crippen LogP contribution in [0, 0.1) is 13.8 Å². The van der Waals surface area contributed by atoms with Gasteiger partial charge in [-0.2, -0.15) is 0 Å². The minimum Gasteiger partial charge on any atom is -0.507 e. The lowest BCUT2D eigenvalue weighted by Gasteiger charge is -2.09. The maximum atomic E-state index is 12.7. The Morgan fingerprint density at radius 1 is 1.15 bits per heavy atom. The minimum atomic E-state index is -1.04. The number of hydrogen-bond donors (Lipinski definition) is 2. The Labute approximate surface area is 156 Å². The number of fused-ring (bicyclic) bond motifs is 1. The van der Waals surface area contributed by atoms with Crippen LogP contribution in [-0.4, -0.2) is 25.7 Å². The molecule has 2 aromatic carbocycles. The van der Waals surface area contributed by atoms with E-state index in [2.05, 4.69) is 4.98 Å². The topological polar surface area (TPSA) is 92.4 Å². The van der Waals surface area contributed by atoms with Gasteiger partial charge in [-0.15, -0.1) is 0 Å². The zero-order chi connectivity index (χ0) is 19.7. The van der Waals surface area contributed by atoms with Gasteiger partial charge in [0.15, 0.2) is 0 Å². The molecule has 0 radical (unpaired) electrons. The molecule has 0 spiro atoms. The summed E-state index contributed by atoms with van der Waals surface area (Å²) < 4.78 is 1.57. The van der Waals surface area contributed by atoms with E-state index in [-0.39, 0.29) is 22.6 Å². The molecule has 0 saturated heterocycles. The van der Waals surface area contributed by atoms with Crippen molar-refractivity contribution in [1.29, 1.82) is 0 Å². The molecule has 27 heavy (non-hydrogen) atoms. The SMILES string of the molecule is CCn1c(=O)c(/C=C/c2cc(C)c(O)c(C)c2)nc2cc(C(=O)O)ccc21. The van der Waals surface area contributed by atoms with Crippen molar-refractivity contribution in [2.24, 2.45) is 0 Å². The van der Waals surface area contributed by atoms with Gasteiger partial charge in [-0.3, -0.25) is 4.79 Å². The van der Waals surface area contributed by atoms with Crippen molar-refractivity contribution < 1.29 is 15.0 Å². The second-order valence-electron chi connectivity index (χ2n) is 6.39. The Bertz CT molecular complexity index is 1120. The van der Waals surface area contributed by atoms with Gasteiger partial charge < -0.3 is 14.8 Å². The number of aromatic nitrogens is 2. The Morgan fingerprint density at radius 3 is 2.41 bits per heavy atom. The van der Waals surface area contributed by atoms with Crippen LogP contribution >= 0.6 is 0 Å². The molecule has 1 heterocycles. The van der Waals surface area contributed by atoms with Gasteiger partial charge in [0.1, 0.15) is 11.4 Å². The fourth-order valence-corrected chi connectivity index (χ4v) is 3.08. The number of aromatic hydroxyl groups is 1. The van der Waals surface area contributed by atoms with Crippen LogP contribution in [0.2, 0.25) is 0 Å². The standard InChI is InChI=1S/C21H20N2O4/c1-4-23-18-8-6-15(21(26)27)11-17(18)22-16(20(23)25)7-5-14-9-12(2)19(24)13(3)10-14/h5-11,24H,4H2,1-3H3,(H,26,27)/b7-5+. The van der Waals surface area contributed by atoms with E-state index < -0.39 is 5.97 Å². The number of hydrogen-bond acceptors (Lipinski definition) is 4. The highest BCUT2D eigenvalue weighted by Crippen LogP contribution is 2.24. The molecular formula is C21H20N2O4. The van der Waals surface area contributed by atoms with Crippen LogP contribution < -0.4 is 5.56 Å². The summed E-state index contributed by atoms with van der Waals surface area (Å²) in [6.45, 7) is 5.92. The largest absolute Gasteiger partial charge is 0.507 e.